The predicted octanol–water partition coefficient (Wildman–Crippen LogP) is 2.96. The zero-order chi connectivity index (χ0) is 17.8. The first-order valence-corrected chi connectivity index (χ1v) is 9.81. The SMILES string of the molecule is O=C(c1ccc(N2CCCC2)nc1)N1CCCC[C@@H]1CCn1cccn1. The summed E-state index contributed by atoms with van der Waals surface area (Å²) in [6, 6.07) is 6.18. The van der Waals surface area contributed by atoms with Gasteiger partial charge in [-0.1, -0.05) is 0 Å². The van der Waals surface area contributed by atoms with Gasteiger partial charge in [0.25, 0.3) is 5.91 Å². The van der Waals surface area contributed by atoms with E-state index < -0.39 is 0 Å². The number of carbonyl (C=O) groups is 1. The topological polar surface area (TPSA) is 54.3 Å². The van der Waals surface area contributed by atoms with Gasteiger partial charge < -0.3 is 9.80 Å². The number of anilines is 1. The average molecular weight is 353 g/mol. The van der Waals surface area contributed by atoms with Crippen LogP contribution in [0.25, 0.3) is 0 Å². The summed E-state index contributed by atoms with van der Waals surface area (Å²) in [6.45, 7) is 3.84. The molecular formula is C20H27N5O. The number of aryl methyl sites for hydroxylation is 1. The van der Waals surface area contributed by atoms with Gasteiger partial charge in [-0.25, -0.2) is 4.98 Å². The first-order chi connectivity index (χ1) is 12.8. The van der Waals surface area contributed by atoms with Crippen molar-refractivity contribution in [2.75, 3.05) is 24.5 Å². The Kier molecular flexibility index (Phi) is 5.18. The second kappa shape index (κ2) is 7.89. The van der Waals surface area contributed by atoms with Crippen LogP contribution in [-0.4, -0.2) is 51.2 Å². The summed E-state index contributed by atoms with van der Waals surface area (Å²) in [5, 5.41) is 4.27. The summed E-state index contributed by atoms with van der Waals surface area (Å²) in [5.74, 6) is 1.11. The van der Waals surface area contributed by atoms with E-state index in [0.29, 0.717) is 11.6 Å². The van der Waals surface area contributed by atoms with Crippen molar-refractivity contribution in [3.8, 4) is 0 Å². The van der Waals surface area contributed by atoms with Gasteiger partial charge in [0.1, 0.15) is 5.82 Å². The van der Waals surface area contributed by atoms with Crippen LogP contribution in [0.5, 0.6) is 0 Å². The fourth-order valence-corrected chi connectivity index (χ4v) is 4.09. The molecule has 4 rings (SSSR count). The lowest BCUT2D eigenvalue weighted by molar-refractivity contribution is 0.0593. The Balaban J connectivity index is 1.42. The van der Waals surface area contributed by atoms with Gasteiger partial charge in [-0.15, -0.1) is 0 Å². The number of piperidine rings is 1. The van der Waals surface area contributed by atoms with Crippen LogP contribution in [0, 0.1) is 0 Å². The fraction of sp³-hybridized carbons (Fsp3) is 0.550. The number of aromatic nitrogens is 3. The van der Waals surface area contributed by atoms with E-state index in [1.165, 1.54) is 19.3 Å². The monoisotopic (exact) mass is 353 g/mol. The highest BCUT2D eigenvalue weighted by Crippen LogP contribution is 2.23. The van der Waals surface area contributed by atoms with Crippen LogP contribution in [0.1, 0.15) is 48.9 Å². The van der Waals surface area contributed by atoms with E-state index in [4.69, 9.17) is 0 Å². The Morgan fingerprint density at radius 3 is 2.69 bits per heavy atom. The van der Waals surface area contributed by atoms with Crippen molar-refractivity contribution in [3.05, 3.63) is 42.4 Å². The number of amides is 1. The van der Waals surface area contributed by atoms with Crippen molar-refractivity contribution in [3.63, 3.8) is 0 Å². The highest BCUT2D eigenvalue weighted by Gasteiger charge is 2.27. The molecule has 2 aliphatic heterocycles. The van der Waals surface area contributed by atoms with Crippen LogP contribution in [0.15, 0.2) is 36.8 Å². The summed E-state index contributed by atoms with van der Waals surface area (Å²) < 4.78 is 1.95. The van der Waals surface area contributed by atoms with Crippen LogP contribution >= 0.6 is 0 Å². The number of carbonyl (C=O) groups excluding carboxylic acids is 1. The summed E-state index contributed by atoms with van der Waals surface area (Å²) in [5.41, 5.74) is 0.707. The Morgan fingerprint density at radius 1 is 1.12 bits per heavy atom. The Bertz CT molecular complexity index is 706. The maximum Gasteiger partial charge on any atom is 0.255 e. The third-order valence-corrected chi connectivity index (χ3v) is 5.56. The van der Waals surface area contributed by atoms with Crippen molar-refractivity contribution in [1.29, 1.82) is 0 Å². The van der Waals surface area contributed by atoms with Gasteiger partial charge in [0, 0.05) is 50.8 Å². The van der Waals surface area contributed by atoms with Gasteiger partial charge in [-0.2, -0.15) is 5.10 Å². The van der Waals surface area contributed by atoms with E-state index in [2.05, 4.69) is 19.9 Å². The highest BCUT2D eigenvalue weighted by atomic mass is 16.2. The van der Waals surface area contributed by atoms with Gasteiger partial charge >= 0.3 is 0 Å². The molecule has 0 aromatic carbocycles. The van der Waals surface area contributed by atoms with E-state index in [0.717, 1.165) is 51.3 Å². The second-order valence-electron chi connectivity index (χ2n) is 7.31. The van der Waals surface area contributed by atoms with Crippen LogP contribution in [0.3, 0.4) is 0 Å². The van der Waals surface area contributed by atoms with Gasteiger partial charge in [-0.3, -0.25) is 9.48 Å². The number of rotatable bonds is 5. The number of pyridine rings is 1. The van der Waals surface area contributed by atoms with Crippen LogP contribution in [-0.2, 0) is 6.54 Å². The quantitative estimate of drug-likeness (QED) is 0.829. The molecule has 0 radical (unpaired) electrons. The number of likely N-dealkylation sites (tertiary alicyclic amines) is 1. The van der Waals surface area contributed by atoms with E-state index >= 15 is 0 Å². The minimum atomic E-state index is 0.121. The molecule has 0 unspecified atom stereocenters. The average Bonchev–Trinajstić information content (AvgIpc) is 3.40. The number of nitrogens with zero attached hydrogens (tertiary/aromatic N) is 5. The molecule has 2 fully saturated rings. The second-order valence-corrected chi connectivity index (χ2v) is 7.31. The standard InChI is InChI=1S/C20H27N5O/c26-20(17-7-8-19(21-16-17)23-11-3-4-12-23)25-14-2-1-6-18(25)9-15-24-13-5-10-22-24/h5,7-8,10,13,16,18H,1-4,6,9,11-12,14-15H2/t18-/m1/s1. The number of hydrogen-bond acceptors (Lipinski definition) is 4. The third-order valence-electron chi connectivity index (χ3n) is 5.56. The van der Waals surface area contributed by atoms with Crippen molar-refractivity contribution in [2.24, 2.45) is 0 Å². The lowest BCUT2D eigenvalue weighted by Crippen LogP contribution is -2.44. The third kappa shape index (κ3) is 3.74. The van der Waals surface area contributed by atoms with Gasteiger partial charge in [-0.05, 0) is 56.7 Å². The first-order valence-electron chi connectivity index (χ1n) is 9.81. The van der Waals surface area contributed by atoms with Crippen LogP contribution in [0.2, 0.25) is 0 Å². The molecule has 6 heteroatoms. The molecule has 26 heavy (non-hydrogen) atoms. The molecule has 4 heterocycles. The summed E-state index contributed by atoms with van der Waals surface area (Å²) in [4.78, 5) is 22.0. The van der Waals surface area contributed by atoms with Gasteiger partial charge in [0.2, 0.25) is 0 Å². The Labute approximate surface area is 154 Å². The van der Waals surface area contributed by atoms with Crippen LogP contribution < -0.4 is 4.90 Å². The lowest BCUT2D eigenvalue weighted by Gasteiger charge is -2.36. The Hall–Kier alpha value is -2.37. The maximum atomic E-state index is 13.1. The zero-order valence-corrected chi connectivity index (χ0v) is 15.3. The Morgan fingerprint density at radius 2 is 1.96 bits per heavy atom. The largest absolute Gasteiger partial charge is 0.357 e. The molecule has 138 valence electrons. The molecule has 2 saturated heterocycles. The van der Waals surface area contributed by atoms with Crippen molar-refractivity contribution in [2.45, 2.75) is 51.1 Å². The van der Waals surface area contributed by atoms with Crippen molar-refractivity contribution >= 4 is 11.7 Å². The molecule has 2 aliphatic rings. The molecule has 2 aromatic heterocycles. The van der Waals surface area contributed by atoms with Crippen molar-refractivity contribution < 1.29 is 4.79 Å². The van der Waals surface area contributed by atoms with E-state index in [-0.39, 0.29) is 5.91 Å². The summed E-state index contributed by atoms with van der Waals surface area (Å²) >= 11 is 0. The fourth-order valence-electron chi connectivity index (χ4n) is 4.09. The van der Waals surface area contributed by atoms with E-state index in [9.17, 15) is 4.79 Å². The number of hydrogen-bond donors (Lipinski definition) is 0. The molecule has 0 bridgehead atoms. The van der Waals surface area contributed by atoms with Crippen LogP contribution in [0.4, 0.5) is 5.82 Å². The molecule has 0 N–H and O–H groups in total. The van der Waals surface area contributed by atoms with E-state index in [1.54, 1.807) is 12.4 Å². The molecular weight excluding hydrogens is 326 g/mol. The van der Waals surface area contributed by atoms with Crippen molar-refractivity contribution in [1.82, 2.24) is 19.7 Å². The first kappa shape index (κ1) is 17.1. The molecule has 1 atom stereocenters. The minimum absolute atomic E-state index is 0.121. The predicted molar refractivity (Wildman–Crippen MR) is 101 cm³/mol. The maximum absolute atomic E-state index is 13.1. The molecule has 0 spiro atoms. The normalized spacial score (nSPS) is 20.5. The molecule has 2 aromatic rings. The molecule has 0 saturated carbocycles. The van der Waals surface area contributed by atoms with Gasteiger partial charge in [0.05, 0.1) is 5.56 Å². The lowest BCUT2D eigenvalue weighted by atomic mass is 9.98. The van der Waals surface area contributed by atoms with E-state index in [1.807, 2.05) is 29.1 Å². The summed E-state index contributed by atoms with van der Waals surface area (Å²) in [7, 11) is 0. The molecule has 1 amide bonds. The minimum Gasteiger partial charge on any atom is -0.357 e. The highest BCUT2D eigenvalue weighted by molar-refractivity contribution is 5.94. The smallest absolute Gasteiger partial charge is 0.255 e. The molecule has 6 nitrogen and oxygen atoms in total. The summed E-state index contributed by atoms with van der Waals surface area (Å²) in [6.07, 6.45) is 12.3. The molecule has 0 aliphatic carbocycles. The van der Waals surface area contributed by atoms with Gasteiger partial charge in [0.15, 0.2) is 0 Å². The zero-order valence-electron chi connectivity index (χ0n) is 15.3.